The number of carboxylic acids is 1. The first-order valence-electron chi connectivity index (χ1n) is 12.4. The van der Waals surface area contributed by atoms with E-state index in [2.05, 4.69) is 15.3 Å². The van der Waals surface area contributed by atoms with Gasteiger partial charge in [-0.15, -0.1) is 0 Å². The lowest BCUT2D eigenvalue weighted by atomic mass is 10.1. The van der Waals surface area contributed by atoms with Crippen LogP contribution in [-0.4, -0.2) is 41.5 Å². The molecule has 4 N–H and O–H groups in total. The third-order valence-corrected chi connectivity index (χ3v) is 6.37. The molecule has 6 rings (SSSR count). The van der Waals surface area contributed by atoms with Crippen LogP contribution in [0.5, 0.6) is 0 Å². The zero-order valence-electron chi connectivity index (χ0n) is 21.2. The molecule has 0 atom stereocenters. The minimum absolute atomic E-state index is 0.128. The molecule has 0 aliphatic carbocycles. The van der Waals surface area contributed by atoms with E-state index in [1.165, 1.54) is 24.4 Å². The highest BCUT2D eigenvalue weighted by Crippen LogP contribution is 2.31. The number of amides is 1. The first kappa shape index (κ1) is 25.3. The molecular weight excluding hydrogens is 525 g/mol. The van der Waals surface area contributed by atoms with E-state index in [1.807, 2.05) is 42.5 Å². The van der Waals surface area contributed by atoms with E-state index in [4.69, 9.17) is 20.8 Å². The second kappa shape index (κ2) is 10.3. The molecule has 4 aromatic heterocycles. The van der Waals surface area contributed by atoms with Crippen molar-refractivity contribution >= 4 is 34.7 Å². The number of aromatic carboxylic acids is 1. The van der Waals surface area contributed by atoms with E-state index in [0.29, 0.717) is 28.2 Å². The molecule has 0 radical (unpaired) electrons. The number of halogens is 1. The third-order valence-electron chi connectivity index (χ3n) is 6.37. The van der Waals surface area contributed by atoms with E-state index in [-0.39, 0.29) is 11.6 Å². The number of fused-ring (bicyclic) bond motifs is 1. The van der Waals surface area contributed by atoms with Gasteiger partial charge in [0, 0.05) is 11.8 Å². The molecule has 41 heavy (non-hydrogen) atoms. The number of hydrogen-bond donors (Lipinski definition) is 3. The number of nitrogens with zero attached hydrogens (tertiary/aromatic N) is 5. The van der Waals surface area contributed by atoms with Crippen LogP contribution in [0, 0.1) is 5.82 Å². The Bertz CT molecular complexity index is 1940. The maximum absolute atomic E-state index is 14.6. The Balaban J connectivity index is 1.41. The molecule has 0 aliphatic rings. The lowest BCUT2D eigenvalue weighted by molar-refractivity contribution is 0.0692. The predicted molar refractivity (Wildman–Crippen MR) is 151 cm³/mol. The minimum atomic E-state index is -1.47. The highest BCUT2D eigenvalue weighted by Gasteiger charge is 2.21. The number of rotatable bonds is 6. The minimum Gasteiger partial charge on any atom is -0.478 e. The van der Waals surface area contributed by atoms with Crippen molar-refractivity contribution in [3.8, 4) is 28.3 Å². The van der Waals surface area contributed by atoms with Gasteiger partial charge in [0.15, 0.2) is 11.5 Å². The number of carboxylic acid groups (broad SMARTS) is 1. The average molecular weight is 546 g/mol. The van der Waals surface area contributed by atoms with Crippen molar-refractivity contribution in [1.29, 1.82) is 0 Å². The zero-order valence-corrected chi connectivity index (χ0v) is 21.2. The summed E-state index contributed by atoms with van der Waals surface area (Å²) in [6.45, 7) is 0. The molecule has 0 bridgehead atoms. The van der Waals surface area contributed by atoms with Gasteiger partial charge in [-0.3, -0.25) is 9.36 Å². The van der Waals surface area contributed by atoms with Crippen molar-refractivity contribution < 1.29 is 19.1 Å². The Morgan fingerprint density at radius 3 is 2.39 bits per heavy atom. The number of benzene rings is 2. The molecule has 1 amide bonds. The summed E-state index contributed by atoms with van der Waals surface area (Å²) in [5.41, 5.74) is 9.20. The topological polar surface area (TPSA) is 149 Å². The van der Waals surface area contributed by atoms with Crippen molar-refractivity contribution in [2.45, 2.75) is 0 Å². The van der Waals surface area contributed by atoms with E-state index < -0.39 is 28.8 Å². The second-order valence-electron chi connectivity index (χ2n) is 8.94. The number of carbonyl (C=O) groups is 2. The van der Waals surface area contributed by atoms with Gasteiger partial charge in [-0.1, -0.05) is 36.4 Å². The van der Waals surface area contributed by atoms with Crippen molar-refractivity contribution in [2.24, 2.45) is 0 Å². The van der Waals surface area contributed by atoms with Crippen molar-refractivity contribution in [2.75, 3.05) is 11.1 Å². The maximum atomic E-state index is 14.6. The number of hydrogen-bond acceptors (Lipinski definition) is 7. The number of anilines is 2. The number of nitrogen functional groups attached to an aromatic ring is 1. The summed E-state index contributed by atoms with van der Waals surface area (Å²) in [6.07, 6.45) is 3.10. The van der Waals surface area contributed by atoms with Gasteiger partial charge in [0.1, 0.15) is 23.0 Å². The van der Waals surface area contributed by atoms with Crippen LogP contribution in [0.3, 0.4) is 0 Å². The largest absolute Gasteiger partial charge is 0.478 e. The summed E-state index contributed by atoms with van der Waals surface area (Å²) in [4.78, 5) is 42.2. The molecular formula is C30H20FN7O3. The molecule has 6 aromatic rings. The normalized spacial score (nSPS) is 11.0. The number of pyridine rings is 3. The Morgan fingerprint density at radius 2 is 1.66 bits per heavy atom. The molecule has 11 heteroatoms. The smallest absolute Gasteiger partial charge is 0.338 e. The predicted octanol–water partition coefficient (Wildman–Crippen LogP) is 5.22. The highest BCUT2D eigenvalue weighted by molar-refractivity contribution is 6.05. The molecule has 0 fully saturated rings. The van der Waals surface area contributed by atoms with Gasteiger partial charge >= 0.3 is 5.97 Å². The fraction of sp³-hybridized carbons (Fsp3) is 0. The summed E-state index contributed by atoms with van der Waals surface area (Å²) >= 11 is 0. The van der Waals surface area contributed by atoms with Gasteiger partial charge in [0.2, 0.25) is 0 Å². The first-order chi connectivity index (χ1) is 19.9. The monoisotopic (exact) mass is 545 g/mol. The summed E-state index contributed by atoms with van der Waals surface area (Å²) in [7, 11) is 0. The molecule has 2 aromatic carbocycles. The van der Waals surface area contributed by atoms with Crippen LogP contribution in [0.1, 0.15) is 20.7 Å². The van der Waals surface area contributed by atoms with Gasteiger partial charge in [-0.25, -0.2) is 29.1 Å². The Kier molecular flexibility index (Phi) is 6.36. The van der Waals surface area contributed by atoms with Gasteiger partial charge < -0.3 is 16.2 Å². The molecule has 0 aliphatic heterocycles. The van der Waals surface area contributed by atoms with Crippen LogP contribution in [0.25, 0.3) is 39.5 Å². The Morgan fingerprint density at radius 1 is 0.854 bits per heavy atom. The fourth-order valence-electron chi connectivity index (χ4n) is 4.41. The Hall–Kier alpha value is -5.97. The van der Waals surface area contributed by atoms with E-state index in [0.717, 1.165) is 17.3 Å². The lowest BCUT2D eigenvalue weighted by Gasteiger charge is -2.12. The number of imidazole rings is 1. The fourth-order valence-corrected chi connectivity index (χ4v) is 4.41. The van der Waals surface area contributed by atoms with Gasteiger partial charge in [0.05, 0.1) is 34.3 Å². The highest BCUT2D eigenvalue weighted by atomic mass is 19.1. The number of carbonyl (C=O) groups excluding carboxylic acids is 1. The van der Waals surface area contributed by atoms with Crippen LogP contribution < -0.4 is 11.1 Å². The first-order valence-corrected chi connectivity index (χ1v) is 12.4. The molecule has 0 saturated heterocycles. The quantitative estimate of drug-likeness (QED) is 0.258. The molecule has 0 unspecified atom stereocenters. The molecule has 0 spiro atoms. The number of nitrogens with two attached hydrogens (primary N) is 1. The summed E-state index contributed by atoms with van der Waals surface area (Å²) in [5.74, 6) is -2.52. The number of nitrogens with one attached hydrogen (secondary N) is 1. The molecule has 0 saturated carbocycles. The SMILES string of the molecule is Nc1ncccc1-c1nc2ccc(-c3ccccc3)nc2n1-c1ccc(NC(=O)c2cccc(C(=O)O)c2F)nc1. The molecule has 10 nitrogen and oxygen atoms in total. The van der Waals surface area contributed by atoms with Gasteiger partial charge in [-0.2, -0.15) is 0 Å². The second-order valence-corrected chi connectivity index (χ2v) is 8.94. The summed E-state index contributed by atoms with van der Waals surface area (Å²) in [5, 5.41) is 11.7. The van der Waals surface area contributed by atoms with Crippen LogP contribution in [0.4, 0.5) is 16.0 Å². The average Bonchev–Trinajstić information content (AvgIpc) is 3.36. The van der Waals surface area contributed by atoms with E-state index in [1.54, 1.807) is 29.0 Å². The maximum Gasteiger partial charge on any atom is 0.338 e. The van der Waals surface area contributed by atoms with Crippen molar-refractivity contribution in [3.05, 3.63) is 114 Å². The van der Waals surface area contributed by atoms with Crippen molar-refractivity contribution in [3.63, 3.8) is 0 Å². The number of aromatic nitrogens is 5. The van der Waals surface area contributed by atoms with Crippen LogP contribution in [0.2, 0.25) is 0 Å². The molecule has 4 heterocycles. The van der Waals surface area contributed by atoms with Crippen LogP contribution in [-0.2, 0) is 0 Å². The Labute approximate surface area is 232 Å². The summed E-state index contributed by atoms with van der Waals surface area (Å²) < 4.78 is 16.4. The lowest BCUT2D eigenvalue weighted by Crippen LogP contribution is -2.16. The van der Waals surface area contributed by atoms with Gasteiger partial charge in [0.25, 0.3) is 5.91 Å². The zero-order chi connectivity index (χ0) is 28.5. The third kappa shape index (κ3) is 4.72. The van der Waals surface area contributed by atoms with Crippen LogP contribution in [0.15, 0.2) is 97.3 Å². The van der Waals surface area contributed by atoms with E-state index in [9.17, 15) is 14.0 Å². The van der Waals surface area contributed by atoms with E-state index >= 15 is 0 Å². The van der Waals surface area contributed by atoms with Gasteiger partial charge in [-0.05, 0) is 48.5 Å². The van der Waals surface area contributed by atoms with Crippen LogP contribution >= 0.6 is 0 Å². The molecule has 200 valence electrons. The van der Waals surface area contributed by atoms with Crippen molar-refractivity contribution in [1.82, 2.24) is 24.5 Å². The standard InChI is InChI=1S/C30H20FN7O3/c31-25-19(8-4-9-20(25)30(40)41)29(39)37-24-14-11-18(16-34-24)38-27(21-10-5-15-33-26(21)32)36-23-13-12-22(35-28(23)38)17-6-2-1-3-7-17/h1-16H,(H2,32,33)(H,40,41)(H,34,37,39). The summed E-state index contributed by atoms with van der Waals surface area (Å²) in [6, 6.07) is 23.9.